The van der Waals surface area contributed by atoms with Gasteiger partial charge in [-0.15, -0.1) is 10.2 Å². The largest absolute Gasteiger partial charge is 0.272 e. The van der Waals surface area contributed by atoms with Crippen LogP contribution in [0.2, 0.25) is 0 Å². The molecule has 2 heterocycles. The van der Waals surface area contributed by atoms with Crippen molar-refractivity contribution in [3.05, 3.63) is 104 Å². The second-order valence-corrected chi connectivity index (χ2v) is 9.29. The molecule has 0 radical (unpaired) electrons. The van der Waals surface area contributed by atoms with Crippen molar-refractivity contribution in [2.75, 3.05) is 0 Å². The van der Waals surface area contributed by atoms with E-state index in [0.717, 1.165) is 26.5 Å². The van der Waals surface area contributed by atoms with Crippen molar-refractivity contribution in [3.63, 3.8) is 0 Å². The third kappa shape index (κ3) is 3.91. The lowest BCUT2D eigenvalue weighted by molar-refractivity contribution is 0.763. The van der Waals surface area contributed by atoms with E-state index in [1.807, 2.05) is 52.9 Å². The lowest BCUT2D eigenvalue weighted by Gasteiger charge is -2.11. The zero-order chi connectivity index (χ0) is 21.4. The van der Waals surface area contributed by atoms with Crippen molar-refractivity contribution in [2.45, 2.75) is 24.4 Å². The minimum absolute atomic E-state index is 0.0551. The highest BCUT2D eigenvalue weighted by Crippen LogP contribution is 2.25. The van der Waals surface area contributed by atoms with Gasteiger partial charge < -0.3 is 0 Å². The SMILES string of the molecule is Cc1ccc(Cn2c(=O)c3ccccc3n3c(SCc4ccc(Br)cc4)nnc23)cc1. The third-order valence-corrected chi connectivity index (χ3v) is 6.75. The zero-order valence-electron chi connectivity index (χ0n) is 16.8. The quantitative estimate of drug-likeness (QED) is 0.307. The van der Waals surface area contributed by atoms with Crippen molar-refractivity contribution >= 4 is 44.4 Å². The van der Waals surface area contributed by atoms with Crippen LogP contribution in [0.1, 0.15) is 16.7 Å². The molecule has 5 rings (SSSR count). The monoisotopic (exact) mass is 490 g/mol. The Labute approximate surface area is 191 Å². The van der Waals surface area contributed by atoms with Gasteiger partial charge in [-0.3, -0.25) is 13.8 Å². The van der Waals surface area contributed by atoms with E-state index in [-0.39, 0.29) is 5.56 Å². The topological polar surface area (TPSA) is 52.2 Å². The molecule has 0 aliphatic rings. The molecule has 154 valence electrons. The number of hydrogen-bond acceptors (Lipinski definition) is 4. The molecule has 3 aromatic carbocycles. The Kier molecular flexibility index (Phi) is 5.38. The summed E-state index contributed by atoms with van der Waals surface area (Å²) in [6, 6.07) is 24.1. The molecule has 7 heteroatoms. The molecule has 0 unspecified atom stereocenters. The Balaban J connectivity index is 1.61. The predicted molar refractivity (Wildman–Crippen MR) is 129 cm³/mol. The number of fused-ring (bicyclic) bond motifs is 3. The Bertz CT molecular complexity index is 1440. The molecular formula is C24H19BrN4OS. The van der Waals surface area contributed by atoms with Gasteiger partial charge in [0.2, 0.25) is 5.78 Å². The summed E-state index contributed by atoms with van der Waals surface area (Å²) in [7, 11) is 0. The molecule has 0 amide bonds. The zero-order valence-corrected chi connectivity index (χ0v) is 19.2. The summed E-state index contributed by atoms with van der Waals surface area (Å²) in [6.45, 7) is 2.50. The minimum Gasteiger partial charge on any atom is -0.272 e. The van der Waals surface area contributed by atoms with Crippen molar-refractivity contribution < 1.29 is 0 Å². The van der Waals surface area contributed by atoms with E-state index in [9.17, 15) is 4.79 Å². The van der Waals surface area contributed by atoms with Gasteiger partial charge in [0.25, 0.3) is 5.56 Å². The highest BCUT2D eigenvalue weighted by atomic mass is 79.9. The van der Waals surface area contributed by atoms with Gasteiger partial charge >= 0.3 is 0 Å². The molecule has 0 saturated heterocycles. The van der Waals surface area contributed by atoms with Crippen molar-refractivity contribution in [3.8, 4) is 0 Å². The van der Waals surface area contributed by atoms with Crippen LogP contribution in [0.4, 0.5) is 0 Å². The van der Waals surface area contributed by atoms with Crippen LogP contribution in [0.15, 0.2) is 87.2 Å². The molecule has 5 aromatic rings. The molecule has 5 nitrogen and oxygen atoms in total. The first-order valence-corrected chi connectivity index (χ1v) is 11.7. The second-order valence-electron chi connectivity index (χ2n) is 7.43. The van der Waals surface area contributed by atoms with E-state index < -0.39 is 0 Å². The minimum atomic E-state index is -0.0551. The number of nitrogens with zero attached hydrogens (tertiary/aromatic N) is 4. The average Bonchev–Trinajstić information content (AvgIpc) is 3.21. The maximum atomic E-state index is 13.3. The highest BCUT2D eigenvalue weighted by Gasteiger charge is 2.17. The molecule has 31 heavy (non-hydrogen) atoms. The summed E-state index contributed by atoms with van der Waals surface area (Å²) in [5, 5.41) is 10.3. The van der Waals surface area contributed by atoms with Crippen molar-refractivity contribution in [1.82, 2.24) is 19.2 Å². The Morgan fingerprint density at radius 3 is 2.39 bits per heavy atom. The van der Waals surface area contributed by atoms with Gasteiger partial charge in [-0.25, -0.2) is 0 Å². The number of para-hydroxylation sites is 1. The summed E-state index contributed by atoms with van der Waals surface area (Å²) < 4.78 is 4.76. The first-order valence-electron chi connectivity index (χ1n) is 9.89. The molecule has 2 aromatic heterocycles. The number of benzene rings is 3. The highest BCUT2D eigenvalue weighted by molar-refractivity contribution is 9.10. The van der Waals surface area contributed by atoms with Crippen LogP contribution in [0.3, 0.4) is 0 Å². The van der Waals surface area contributed by atoms with E-state index in [1.165, 1.54) is 11.1 Å². The van der Waals surface area contributed by atoms with Crippen LogP contribution in [0, 0.1) is 6.92 Å². The smallest absolute Gasteiger partial charge is 0.263 e. The molecular weight excluding hydrogens is 472 g/mol. The third-order valence-electron chi connectivity index (χ3n) is 5.22. The van der Waals surface area contributed by atoms with Crippen LogP contribution in [0.5, 0.6) is 0 Å². The maximum Gasteiger partial charge on any atom is 0.263 e. The molecule has 0 N–H and O–H groups in total. The summed E-state index contributed by atoms with van der Waals surface area (Å²) in [4.78, 5) is 13.3. The first kappa shape index (κ1) is 20.0. The number of hydrogen-bond donors (Lipinski definition) is 0. The van der Waals surface area contributed by atoms with Crippen molar-refractivity contribution in [2.24, 2.45) is 0 Å². The van der Waals surface area contributed by atoms with E-state index in [2.05, 4.69) is 57.3 Å². The average molecular weight is 491 g/mol. The fourth-order valence-electron chi connectivity index (χ4n) is 3.57. The fourth-order valence-corrected chi connectivity index (χ4v) is 4.73. The number of rotatable bonds is 5. The van der Waals surface area contributed by atoms with E-state index in [1.54, 1.807) is 16.3 Å². The first-order chi connectivity index (χ1) is 15.1. The van der Waals surface area contributed by atoms with Crippen molar-refractivity contribution in [1.29, 1.82) is 0 Å². The summed E-state index contributed by atoms with van der Waals surface area (Å²) in [6.07, 6.45) is 0. The van der Waals surface area contributed by atoms with Crippen LogP contribution >= 0.6 is 27.7 Å². The second kappa shape index (κ2) is 8.32. The molecule has 0 fully saturated rings. The number of halogens is 1. The Morgan fingerprint density at radius 2 is 1.61 bits per heavy atom. The maximum absolute atomic E-state index is 13.3. The molecule has 0 saturated carbocycles. The molecule has 0 spiro atoms. The van der Waals surface area contributed by atoms with Gasteiger partial charge in [0, 0.05) is 10.2 Å². The molecule has 0 bridgehead atoms. The van der Waals surface area contributed by atoms with Crippen LogP contribution in [-0.4, -0.2) is 19.2 Å². The molecule has 0 aliphatic heterocycles. The van der Waals surface area contributed by atoms with E-state index in [4.69, 9.17) is 0 Å². The predicted octanol–water partition coefficient (Wildman–Crippen LogP) is 5.46. The van der Waals surface area contributed by atoms with Gasteiger partial charge in [-0.05, 0) is 42.3 Å². The van der Waals surface area contributed by atoms with Crippen LogP contribution in [0.25, 0.3) is 16.7 Å². The summed E-state index contributed by atoms with van der Waals surface area (Å²) >= 11 is 5.09. The fraction of sp³-hybridized carbons (Fsp3) is 0.125. The van der Waals surface area contributed by atoms with E-state index >= 15 is 0 Å². The molecule has 0 atom stereocenters. The Morgan fingerprint density at radius 1 is 0.903 bits per heavy atom. The lowest BCUT2D eigenvalue weighted by atomic mass is 10.1. The standard InChI is InChI=1S/C24H19BrN4OS/c1-16-6-8-17(9-7-16)14-28-22(30)20-4-2-3-5-21(20)29-23(28)26-27-24(29)31-15-18-10-12-19(25)13-11-18/h2-13H,14-15H2,1H3. The van der Waals surface area contributed by atoms with Gasteiger partial charge in [0.05, 0.1) is 17.4 Å². The summed E-state index contributed by atoms with van der Waals surface area (Å²) in [5.74, 6) is 1.32. The van der Waals surface area contributed by atoms with Crippen LogP contribution in [-0.2, 0) is 12.3 Å². The number of aromatic nitrogens is 4. The van der Waals surface area contributed by atoms with E-state index in [0.29, 0.717) is 17.7 Å². The van der Waals surface area contributed by atoms with Gasteiger partial charge in [0.1, 0.15) is 0 Å². The Hall–Kier alpha value is -2.90. The normalized spacial score (nSPS) is 11.4. The molecule has 0 aliphatic carbocycles. The van der Waals surface area contributed by atoms with Gasteiger partial charge in [0.15, 0.2) is 5.16 Å². The summed E-state index contributed by atoms with van der Waals surface area (Å²) in [5.41, 5.74) is 4.21. The number of aryl methyl sites for hydroxylation is 1. The number of thioether (sulfide) groups is 1. The van der Waals surface area contributed by atoms with Gasteiger partial charge in [-0.2, -0.15) is 0 Å². The van der Waals surface area contributed by atoms with Crippen LogP contribution < -0.4 is 5.56 Å². The van der Waals surface area contributed by atoms with Gasteiger partial charge in [-0.1, -0.05) is 81.8 Å². The lowest BCUT2D eigenvalue weighted by Crippen LogP contribution is -2.24.